The van der Waals surface area contributed by atoms with Gasteiger partial charge in [-0.15, -0.1) is 0 Å². The summed E-state index contributed by atoms with van der Waals surface area (Å²) < 4.78 is 6.20. The summed E-state index contributed by atoms with van der Waals surface area (Å²) in [5, 5.41) is 0. The fourth-order valence-electron chi connectivity index (χ4n) is 2.25. The zero-order valence-corrected chi connectivity index (χ0v) is 10.9. The molecule has 2 rings (SSSR count). The first-order chi connectivity index (χ1) is 9.02. The molecule has 0 saturated carbocycles. The summed E-state index contributed by atoms with van der Waals surface area (Å²) in [6.45, 7) is 1.66. The summed E-state index contributed by atoms with van der Waals surface area (Å²) >= 11 is 0. The van der Waals surface area contributed by atoms with Crippen molar-refractivity contribution in [2.45, 2.75) is 32.2 Å². The van der Waals surface area contributed by atoms with E-state index < -0.39 is 5.69 Å². The molecule has 1 aliphatic rings. The molecule has 1 aromatic rings. The topological polar surface area (TPSA) is 81.2 Å². The number of aromatic nitrogens is 2. The highest BCUT2D eigenvalue weighted by Crippen LogP contribution is 2.26. The highest BCUT2D eigenvalue weighted by atomic mass is 16.5. The monoisotopic (exact) mass is 264 g/mol. The van der Waals surface area contributed by atoms with Crippen molar-refractivity contribution in [1.82, 2.24) is 9.55 Å². The first-order valence-electron chi connectivity index (χ1n) is 6.12. The Balaban J connectivity index is 2.25. The molecule has 1 unspecified atom stereocenters. The number of nitrogens with one attached hydrogen (secondary N) is 1. The number of hydrogen-bond acceptors (Lipinski definition) is 4. The van der Waals surface area contributed by atoms with Crippen LogP contribution in [0, 0.1) is 6.92 Å². The van der Waals surface area contributed by atoms with E-state index in [1.807, 2.05) is 0 Å². The Hall–Kier alpha value is -2.11. The summed E-state index contributed by atoms with van der Waals surface area (Å²) in [6, 6.07) is -0.0311. The van der Waals surface area contributed by atoms with Crippen LogP contribution in [0.5, 0.6) is 0 Å². The van der Waals surface area contributed by atoms with Gasteiger partial charge in [0.1, 0.15) is 0 Å². The predicted octanol–water partition coefficient (Wildman–Crippen LogP) is 0.669. The van der Waals surface area contributed by atoms with Crippen LogP contribution in [0.4, 0.5) is 0 Å². The molecule has 19 heavy (non-hydrogen) atoms. The highest BCUT2D eigenvalue weighted by molar-refractivity contribution is 5.88. The molecular weight excluding hydrogens is 248 g/mol. The lowest BCUT2D eigenvalue weighted by Gasteiger charge is -2.22. The molecule has 1 atom stereocenters. The van der Waals surface area contributed by atoms with E-state index in [4.69, 9.17) is 0 Å². The molecule has 1 aliphatic carbocycles. The average molecular weight is 264 g/mol. The number of methoxy groups -OCH3 is 1. The van der Waals surface area contributed by atoms with Crippen LogP contribution in [-0.4, -0.2) is 22.6 Å². The fourth-order valence-corrected chi connectivity index (χ4v) is 2.25. The first-order valence-corrected chi connectivity index (χ1v) is 6.12. The van der Waals surface area contributed by atoms with Crippen LogP contribution < -0.4 is 11.2 Å². The van der Waals surface area contributed by atoms with Gasteiger partial charge in [0, 0.05) is 23.4 Å². The molecule has 1 N–H and O–H groups in total. The number of esters is 1. The van der Waals surface area contributed by atoms with Crippen molar-refractivity contribution in [3.63, 3.8) is 0 Å². The normalized spacial score (nSPS) is 18.8. The van der Waals surface area contributed by atoms with Crippen LogP contribution in [-0.2, 0) is 9.53 Å². The summed E-state index contributed by atoms with van der Waals surface area (Å²) in [5.41, 5.74) is 0.383. The number of rotatable bonds is 2. The van der Waals surface area contributed by atoms with Gasteiger partial charge < -0.3 is 4.74 Å². The molecule has 6 heteroatoms. The molecule has 102 valence electrons. The standard InChI is InChI=1S/C13H16N2O4/c1-8-7-15(13(18)14-11(8)16)10-5-3-9(4-6-10)12(17)19-2/h3,7,10H,4-6H2,1-2H3,(H,14,16,18). The van der Waals surface area contributed by atoms with E-state index in [9.17, 15) is 14.4 Å². The molecule has 1 aromatic heterocycles. The number of ether oxygens (including phenoxy) is 1. The molecule has 0 aliphatic heterocycles. The van der Waals surface area contributed by atoms with Gasteiger partial charge in [-0.05, 0) is 26.2 Å². The lowest BCUT2D eigenvalue weighted by atomic mass is 9.95. The lowest BCUT2D eigenvalue weighted by molar-refractivity contribution is -0.136. The molecule has 0 aromatic carbocycles. The van der Waals surface area contributed by atoms with Crippen molar-refractivity contribution in [3.05, 3.63) is 44.2 Å². The molecule has 1 heterocycles. The van der Waals surface area contributed by atoms with E-state index >= 15 is 0 Å². The third-order valence-corrected chi connectivity index (χ3v) is 3.37. The molecule has 0 spiro atoms. The fraction of sp³-hybridized carbons (Fsp3) is 0.462. The number of nitrogens with zero attached hydrogens (tertiary/aromatic N) is 1. The molecule has 0 amide bonds. The number of carbonyl (C=O) groups excluding carboxylic acids is 1. The van der Waals surface area contributed by atoms with Crippen molar-refractivity contribution in [2.75, 3.05) is 7.11 Å². The quantitative estimate of drug-likeness (QED) is 0.796. The van der Waals surface area contributed by atoms with Crippen LogP contribution in [0.1, 0.15) is 30.9 Å². The second-order valence-electron chi connectivity index (χ2n) is 4.63. The van der Waals surface area contributed by atoms with Crippen LogP contribution in [0.15, 0.2) is 27.4 Å². The molecule has 0 saturated heterocycles. The van der Waals surface area contributed by atoms with Crippen LogP contribution in [0.2, 0.25) is 0 Å². The second-order valence-corrected chi connectivity index (χ2v) is 4.63. The van der Waals surface area contributed by atoms with Gasteiger partial charge >= 0.3 is 11.7 Å². The number of aryl methyl sites for hydroxylation is 1. The van der Waals surface area contributed by atoms with E-state index in [-0.39, 0.29) is 17.6 Å². The lowest BCUT2D eigenvalue weighted by Crippen LogP contribution is -2.34. The number of aromatic amines is 1. The van der Waals surface area contributed by atoms with Gasteiger partial charge in [0.15, 0.2) is 0 Å². The smallest absolute Gasteiger partial charge is 0.333 e. The van der Waals surface area contributed by atoms with Crippen molar-refractivity contribution in [2.24, 2.45) is 0 Å². The van der Waals surface area contributed by atoms with Crippen LogP contribution in [0.25, 0.3) is 0 Å². The van der Waals surface area contributed by atoms with Crippen molar-refractivity contribution < 1.29 is 9.53 Å². The maximum Gasteiger partial charge on any atom is 0.333 e. The molecule has 0 radical (unpaired) electrons. The SMILES string of the molecule is COC(=O)C1=CCC(n2cc(C)c(=O)[nH]c2=O)CC1. The Labute approximate surface area is 109 Å². The van der Waals surface area contributed by atoms with Crippen LogP contribution >= 0.6 is 0 Å². The van der Waals surface area contributed by atoms with Crippen molar-refractivity contribution >= 4 is 5.97 Å². The summed E-state index contributed by atoms with van der Waals surface area (Å²) in [5.74, 6) is -0.316. The number of carbonyl (C=O) groups is 1. The first kappa shape index (κ1) is 13.3. The molecular formula is C13H16N2O4. The maximum atomic E-state index is 11.8. The van der Waals surface area contributed by atoms with E-state index in [2.05, 4.69) is 9.72 Å². The Morgan fingerprint density at radius 1 is 1.47 bits per heavy atom. The Morgan fingerprint density at radius 3 is 2.79 bits per heavy atom. The van der Waals surface area contributed by atoms with Crippen molar-refractivity contribution in [3.8, 4) is 0 Å². The summed E-state index contributed by atoms with van der Waals surface area (Å²) in [6.07, 6.45) is 5.19. The largest absolute Gasteiger partial charge is 0.466 e. The predicted molar refractivity (Wildman–Crippen MR) is 69.0 cm³/mol. The summed E-state index contributed by atoms with van der Waals surface area (Å²) in [4.78, 5) is 36.7. The zero-order chi connectivity index (χ0) is 14.0. The Kier molecular flexibility index (Phi) is 3.69. The third-order valence-electron chi connectivity index (χ3n) is 3.37. The van der Waals surface area contributed by atoms with Gasteiger partial charge in [0.05, 0.1) is 7.11 Å². The molecule has 0 bridgehead atoms. The number of hydrogen-bond donors (Lipinski definition) is 1. The Bertz CT molecular complexity index is 639. The van der Waals surface area contributed by atoms with Gasteiger partial charge in [0.2, 0.25) is 0 Å². The van der Waals surface area contributed by atoms with E-state index in [0.717, 1.165) is 0 Å². The summed E-state index contributed by atoms with van der Waals surface area (Å²) in [7, 11) is 1.35. The average Bonchev–Trinajstić information content (AvgIpc) is 2.42. The molecule has 0 fully saturated rings. The van der Waals surface area contributed by atoms with E-state index in [0.29, 0.717) is 30.4 Å². The van der Waals surface area contributed by atoms with E-state index in [1.54, 1.807) is 19.2 Å². The van der Waals surface area contributed by atoms with E-state index in [1.165, 1.54) is 11.7 Å². The van der Waals surface area contributed by atoms with Gasteiger partial charge in [0.25, 0.3) is 5.56 Å². The van der Waals surface area contributed by atoms with Gasteiger partial charge in [-0.1, -0.05) is 6.08 Å². The molecule has 6 nitrogen and oxygen atoms in total. The minimum absolute atomic E-state index is 0.0311. The zero-order valence-electron chi connectivity index (χ0n) is 10.9. The van der Waals surface area contributed by atoms with Crippen molar-refractivity contribution in [1.29, 1.82) is 0 Å². The van der Waals surface area contributed by atoms with Gasteiger partial charge in [-0.2, -0.15) is 0 Å². The maximum absolute atomic E-state index is 11.8. The minimum atomic E-state index is -0.407. The van der Waals surface area contributed by atoms with Gasteiger partial charge in [-0.3, -0.25) is 14.3 Å². The third kappa shape index (κ3) is 2.67. The van der Waals surface area contributed by atoms with Gasteiger partial charge in [-0.25, -0.2) is 9.59 Å². The second kappa shape index (κ2) is 5.26. The number of H-pyrrole nitrogens is 1. The highest BCUT2D eigenvalue weighted by Gasteiger charge is 2.21. The van der Waals surface area contributed by atoms with Crippen LogP contribution in [0.3, 0.4) is 0 Å². The number of allylic oxidation sites excluding steroid dienone is 1. The Morgan fingerprint density at radius 2 is 2.21 bits per heavy atom. The minimum Gasteiger partial charge on any atom is -0.466 e.